The Labute approximate surface area is 97.4 Å². The molecule has 0 saturated carbocycles. The average Bonchev–Trinajstić information content (AvgIpc) is 2.28. The van der Waals surface area contributed by atoms with E-state index in [9.17, 15) is 8.42 Å². The molecule has 16 heavy (non-hydrogen) atoms. The fourth-order valence-electron chi connectivity index (χ4n) is 1.15. The number of sulfone groups is 1. The molecule has 0 aliphatic carbocycles. The summed E-state index contributed by atoms with van der Waals surface area (Å²) in [6, 6.07) is 4.82. The highest BCUT2D eigenvalue weighted by atomic mass is 35.5. The summed E-state index contributed by atoms with van der Waals surface area (Å²) in [7, 11) is -3.42. The van der Waals surface area contributed by atoms with Crippen molar-refractivity contribution in [1.29, 1.82) is 0 Å². The zero-order chi connectivity index (χ0) is 11.8. The van der Waals surface area contributed by atoms with E-state index in [4.69, 9.17) is 11.6 Å². The quantitative estimate of drug-likeness (QED) is 0.815. The second-order valence-electron chi connectivity index (χ2n) is 3.13. The third-order valence-electron chi connectivity index (χ3n) is 2.06. The molecule has 2 rings (SSSR count). The van der Waals surface area contributed by atoms with Gasteiger partial charge in [0.1, 0.15) is 5.52 Å². The fraction of sp³-hybridized carbons (Fsp3) is 0.222. The lowest BCUT2D eigenvalue weighted by molar-refractivity contribution is 0.586. The third kappa shape index (κ3) is 1.98. The maximum atomic E-state index is 11.5. The van der Waals surface area contributed by atoms with Crippen molar-refractivity contribution in [1.82, 2.24) is 15.2 Å². The zero-order valence-electron chi connectivity index (χ0n) is 8.38. The Balaban J connectivity index is 2.66. The monoisotopic (exact) mass is 257 g/mol. The van der Waals surface area contributed by atoms with Crippen molar-refractivity contribution in [3.63, 3.8) is 0 Å². The number of hydrogen-bond acceptors (Lipinski definition) is 5. The minimum Gasteiger partial charge on any atom is -0.220 e. The van der Waals surface area contributed by atoms with Crippen LogP contribution in [0.1, 0.15) is 6.92 Å². The summed E-state index contributed by atoms with van der Waals surface area (Å²) in [5.41, 5.74) is 0.939. The van der Waals surface area contributed by atoms with E-state index in [0.717, 1.165) is 0 Å². The van der Waals surface area contributed by atoms with Crippen LogP contribution in [0.3, 0.4) is 0 Å². The van der Waals surface area contributed by atoms with Gasteiger partial charge in [0.25, 0.3) is 5.16 Å². The van der Waals surface area contributed by atoms with E-state index in [-0.39, 0.29) is 10.9 Å². The molecule has 84 valence electrons. The smallest absolute Gasteiger partial charge is 0.220 e. The molecule has 2 aromatic rings. The molecule has 0 aliphatic rings. The van der Waals surface area contributed by atoms with Crippen LogP contribution in [0.2, 0.25) is 5.02 Å². The van der Waals surface area contributed by atoms with Gasteiger partial charge in [0.05, 0.1) is 11.3 Å². The van der Waals surface area contributed by atoms with Crippen LogP contribution in [0.5, 0.6) is 0 Å². The maximum Gasteiger partial charge on any atom is 0.268 e. The molecule has 7 heteroatoms. The van der Waals surface area contributed by atoms with Crippen LogP contribution in [-0.2, 0) is 9.84 Å². The van der Waals surface area contributed by atoms with Gasteiger partial charge in [-0.2, -0.15) is 0 Å². The van der Waals surface area contributed by atoms with Crippen molar-refractivity contribution in [3.8, 4) is 0 Å². The summed E-state index contributed by atoms with van der Waals surface area (Å²) in [5.74, 6) is -0.0478. The molecular weight excluding hydrogens is 250 g/mol. The molecule has 0 radical (unpaired) electrons. The number of aromatic nitrogens is 3. The second kappa shape index (κ2) is 3.95. The van der Waals surface area contributed by atoms with Crippen LogP contribution in [0.4, 0.5) is 0 Å². The number of benzene rings is 1. The van der Waals surface area contributed by atoms with E-state index in [0.29, 0.717) is 16.1 Å². The SMILES string of the molecule is CCS(=O)(=O)c1nnc2cc(Cl)ccc2n1. The molecule has 1 heterocycles. The molecule has 0 aliphatic heterocycles. The summed E-state index contributed by atoms with van der Waals surface area (Å²) in [4.78, 5) is 3.94. The highest BCUT2D eigenvalue weighted by Gasteiger charge is 2.16. The lowest BCUT2D eigenvalue weighted by Gasteiger charge is -2.00. The van der Waals surface area contributed by atoms with Gasteiger partial charge in [0.2, 0.25) is 9.84 Å². The molecule has 0 unspecified atom stereocenters. The summed E-state index contributed by atoms with van der Waals surface area (Å²) in [6.45, 7) is 1.53. The molecular formula is C9H8ClN3O2S. The Morgan fingerprint density at radius 2 is 2.00 bits per heavy atom. The average molecular weight is 258 g/mol. The molecule has 0 spiro atoms. The van der Waals surface area contributed by atoms with Crippen molar-refractivity contribution in [2.45, 2.75) is 12.1 Å². The minimum atomic E-state index is -3.42. The first-order chi connectivity index (χ1) is 7.53. The van der Waals surface area contributed by atoms with Crippen molar-refractivity contribution < 1.29 is 8.42 Å². The highest BCUT2D eigenvalue weighted by molar-refractivity contribution is 7.91. The predicted octanol–water partition coefficient (Wildman–Crippen LogP) is 1.47. The Kier molecular flexibility index (Phi) is 2.77. The van der Waals surface area contributed by atoms with Crippen molar-refractivity contribution in [3.05, 3.63) is 23.2 Å². The molecule has 0 bridgehead atoms. The fourth-order valence-corrected chi connectivity index (χ4v) is 1.98. The van der Waals surface area contributed by atoms with E-state index in [1.54, 1.807) is 18.2 Å². The molecule has 0 atom stereocenters. The maximum absolute atomic E-state index is 11.5. The number of halogens is 1. The topological polar surface area (TPSA) is 72.8 Å². The molecule has 0 amide bonds. The Morgan fingerprint density at radius 1 is 1.25 bits per heavy atom. The van der Waals surface area contributed by atoms with Crippen LogP contribution < -0.4 is 0 Å². The molecule has 0 N–H and O–H groups in total. The van der Waals surface area contributed by atoms with Gasteiger partial charge < -0.3 is 0 Å². The Bertz CT molecular complexity index is 642. The summed E-state index contributed by atoms with van der Waals surface area (Å²) in [5, 5.41) is 7.63. The summed E-state index contributed by atoms with van der Waals surface area (Å²) < 4.78 is 23.0. The molecule has 1 aromatic carbocycles. The van der Waals surface area contributed by atoms with Crippen LogP contribution in [0.25, 0.3) is 11.0 Å². The number of fused-ring (bicyclic) bond motifs is 1. The van der Waals surface area contributed by atoms with Gasteiger partial charge in [-0.1, -0.05) is 18.5 Å². The van der Waals surface area contributed by atoms with Crippen molar-refractivity contribution in [2.24, 2.45) is 0 Å². The van der Waals surface area contributed by atoms with Gasteiger partial charge in [0, 0.05) is 5.02 Å². The largest absolute Gasteiger partial charge is 0.268 e. The predicted molar refractivity (Wildman–Crippen MR) is 60.1 cm³/mol. The third-order valence-corrected chi connectivity index (χ3v) is 3.78. The van der Waals surface area contributed by atoms with E-state index in [1.807, 2.05) is 0 Å². The first-order valence-electron chi connectivity index (χ1n) is 4.55. The van der Waals surface area contributed by atoms with E-state index in [1.165, 1.54) is 6.92 Å². The Morgan fingerprint density at radius 3 is 2.69 bits per heavy atom. The molecule has 5 nitrogen and oxygen atoms in total. The van der Waals surface area contributed by atoms with Crippen LogP contribution in [-0.4, -0.2) is 29.4 Å². The normalized spacial score (nSPS) is 11.9. The van der Waals surface area contributed by atoms with E-state index >= 15 is 0 Å². The van der Waals surface area contributed by atoms with Gasteiger partial charge in [-0.3, -0.25) is 0 Å². The first-order valence-corrected chi connectivity index (χ1v) is 6.58. The molecule has 1 aromatic heterocycles. The minimum absolute atomic E-state index is 0.0478. The second-order valence-corrected chi connectivity index (χ2v) is 5.74. The van der Waals surface area contributed by atoms with Crippen molar-refractivity contribution >= 4 is 32.5 Å². The van der Waals surface area contributed by atoms with E-state index in [2.05, 4.69) is 15.2 Å². The van der Waals surface area contributed by atoms with Gasteiger partial charge in [-0.25, -0.2) is 13.4 Å². The van der Waals surface area contributed by atoms with Gasteiger partial charge in [-0.05, 0) is 18.2 Å². The summed E-state index contributed by atoms with van der Waals surface area (Å²) >= 11 is 5.76. The molecule has 0 saturated heterocycles. The number of hydrogen-bond donors (Lipinski definition) is 0. The van der Waals surface area contributed by atoms with Gasteiger partial charge in [-0.15, -0.1) is 10.2 Å². The Hall–Kier alpha value is -1.27. The number of nitrogens with zero attached hydrogens (tertiary/aromatic N) is 3. The van der Waals surface area contributed by atoms with Crippen LogP contribution in [0, 0.1) is 0 Å². The highest BCUT2D eigenvalue weighted by Crippen LogP contribution is 2.16. The van der Waals surface area contributed by atoms with Gasteiger partial charge >= 0.3 is 0 Å². The first kappa shape index (κ1) is 11.2. The number of rotatable bonds is 2. The van der Waals surface area contributed by atoms with Crippen LogP contribution in [0.15, 0.2) is 23.4 Å². The summed E-state index contributed by atoms with van der Waals surface area (Å²) in [6.07, 6.45) is 0. The lowest BCUT2D eigenvalue weighted by Crippen LogP contribution is -2.09. The standard InChI is InChI=1S/C9H8ClN3O2S/c1-2-16(14,15)9-11-7-4-3-6(10)5-8(7)12-13-9/h3-5H,2H2,1H3. The lowest BCUT2D eigenvalue weighted by atomic mass is 10.3. The van der Waals surface area contributed by atoms with Crippen molar-refractivity contribution in [2.75, 3.05) is 5.75 Å². The molecule has 0 fully saturated rings. The zero-order valence-corrected chi connectivity index (χ0v) is 9.96. The van der Waals surface area contributed by atoms with Gasteiger partial charge in [0.15, 0.2) is 0 Å². The van der Waals surface area contributed by atoms with Crippen LogP contribution >= 0.6 is 11.6 Å². The van der Waals surface area contributed by atoms with E-state index < -0.39 is 9.84 Å².